The molecule has 0 saturated heterocycles. The van der Waals surface area contributed by atoms with Crippen LogP contribution in [0, 0.1) is 0 Å². The van der Waals surface area contributed by atoms with Crippen molar-refractivity contribution in [3.05, 3.63) is 23.8 Å². The minimum atomic E-state index is 0.182. The third-order valence-corrected chi connectivity index (χ3v) is 5.22. The summed E-state index contributed by atoms with van der Waals surface area (Å²) in [6, 6.07) is 6.17. The molecule has 0 spiro atoms. The standard InChI is InChI=1S/C14H22N2S3/c1-5-19-11-8-6-7-10(12(11)13(15)17)16-9-14(2,3)18-4/h6-8,16H,5,9H2,1-4H3,(H2,15,17). The molecule has 0 aliphatic heterocycles. The smallest absolute Gasteiger partial charge is 0.107 e. The van der Waals surface area contributed by atoms with Crippen LogP contribution in [-0.2, 0) is 0 Å². The van der Waals surface area contributed by atoms with Gasteiger partial charge in [0.1, 0.15) is 4.99 Å². The maximum atomic E-state index is 5.89. The molecule has 0 amide bonds. The Kier molecular flexibility index (Phi) is 6.50. The lowest BCUT2D eigenvalue weighted by atomic mass is 10.1. The number of benzene rings is 1. The topological polar surface area (TPSA) is 38.0 Å². The average molecular weight is 315 g/mol. The van der Waals surface area contributed by atoms with Gasteiger partial charge in [0.05, 0.1) is 0 Å². The maximum absolute atomic E-state index is 5.89. The molecule has 5 heteroatoms. The number of thioether (sulfide) groups is 2. The van der Waals surface area contributed by atoms with E-state index in [1.54, 1.807) is 11.8 Å². The number of nitrogens with one attached hydrogen (secondary N) is 1. The Labute approximate surface area is 130 Å². The number of anilines is 1. The van der Waals surface area contributed by atoms with Gasteiger partial charge in [-0.15, -0.1) is 11.8 Å². The van der Waals surface area contributed by atoms with Crippen LogP contribution < -0.4 is 11.1 Å². The van der Waals surface area contributed by atoms with Crippen LogP contribution in [0.1, 0.15) is 26.3 Å². The van der Waals surface area contributed by atoms with Gasteiger partial charge < -0.3 is 11.1 Å². The van der Waals surface area contributed by atoms with E-state index in [1.807, 2.05) is 23.9 Å². The summed E-state index contributed by atoms with van der Waals surface area (Å²) in [5, 5.41) is 3.48. The van der Waals surface area contributed by atoms with Crippen molar-refractivity contribution in [1.82, 2.24) is 0 Å². The largest absolute Gasteiger partial charge is 0.389 e. The molecular formula is C14H22N2S3. The van der Waals surface area contributed by atoms with Gasteiger partial charge in [0, 0.05) is 27.4 Å². The van der Waals surface area contributed by atoms with Crippen molar-refractivity contribution in [3.63, 3.8) is 0 Å². The first-order chi connectivity index (χ1) is 8.91. The molecule has 19 heavy (non-hydrogen) atoms. The van der Waals surface area contributed by atoms with Gasteiger partial charge in [0.25, 0.3) is 0 Å². The van der Waals surface area contributed by atoms with Crippen molar-refractivity contribution < 1.29 is 0 Å². The van der Waals surface area contributed by atoms with Crippen LogP contribution in [0.2, 0.25) is 0 Å². The Morgan fingerprint density at radius 3 is 2.63 bits per heavy atom. The van der Waals surface area contributed by atoms with E-state index in [-0.39, 0.29) is 4.75 Å². The molecule has 3 N–H and O–H groups in total. The summed E-state index contributed by atoms with van der Waals surface area (Å²) in [6.07, 6.45) is 2.12. The molecule has 0 atom stereocenters. The second-order valence-corrected chi connectivity index (χ2v) is 8.05. The zero-order valence-electron chi connectivity index (χ0n) is 11.9. The minimum Gasteiger partial charge on any atom is -0.389 e. The minimum absolute atomic E-state index is 0.182. The molecule has 0 aromatic heterocycles. The highest BCUT2D eigenvalue weighted by Gasteiger charge is 2.17. The third kappa shape index (κ3) is 4.89. The predicted octanol–water partition coefficient (Wildman–Crippen LogP) is 3.99. The van der Waals surface area contributed by atoms with E-state index in [2.05, 4.69) is 38.4 Å². The van der Waals surface area contributed by atoms with Crippen molar-refractivity contribution in [1.29, 1.82) is 0 Å². The molecule has 1 rings (SSSR count). The summed E-state index contributed by atoms with van der Waals surface area (Å²) in [6.45, 7) is 7.44. The molecular weight excluding hydrogens is 292 g/mol. The monoisotopic (exact) mass is 314 g/mol. The maximum Gasteiger partial charge on any atom is 0.107 e. The van der Waals surface area contributed by atoms with Gasteiger partial charge in [-0.2, -0.15) is 11.8 Å². The quantitative estimate of drug-likeness (QED) is 0.588. The van der Waals surface area contributed by atoms with Crippen molar-refractivity contribution >= 4 is 46.4 Å². The molecule has 0 fully saturated rings. The molecule has 0 saturated carbocycles. The fraction of sp³-hybridized carbons (Fsp3) is 0.500. The Morgan fingerprint density at radius 2 is 2.11 bits per heavy atom. The summed E-state index contributed by atoms with van der Waals surface area (Å²) in [5.74, 6) is 1.01. The van der Waals surface area contributed by atoms with E-state index < -0.39 is 0 Å². The van der Waals surface area contributed by atoms with Crippen LogP contribution in [0.25, 0.3) is 0 Å². The van der Waals surface area contributed by atoms with Gasteiger partial charge >= 0.3 is 0 Å². The van der Waals surface area contributed by atoms with Crippen LogP contribution >= 0.6 is 35.7 Å². The van der Waals surface area contributed by atoms with E-state index >= 15 is 0 Å². The lowest BCUT2D eigenvalue weighted by Crippen LogP contribution is -2.27. The van der Waals surface area contributed by atoms with Crippen molar-refractivity contribution in [2.75, 3.05) is 23.9 Å². The van der Waals surface area contributed by atoms with Gasteiger partial charge in [-0.25, -0.2) is 0 Å². The van der Waals surface area contributed by atoms with E-state index in [4.69, 9.17) is 18.0 Å². The highest BCUT2D eigenvalue weighted by atomic mass is 32.2. The number of thiocarbonyl (C=S) groups is 1. The molecule has 0 unspecified atom stereocenters. The molecule has 106 valence electrons. The van der Waals surface area contributed by atoms with Gasteiger partial charge in [-0.05, 0) is 38.0 Å². The molecule has 0 bridgehead atoms. The fourth-order valence-corrected chi connectivity index (χ4v) is 2.94. The highest BCUT2D eigenvalue weighted by molar-refractivity contribution is 8.00. The molecule has 1 aromatic rings. The van der Waals surface area contributed by atoms with Crippen molar-refractivity contribution in [2.24, 2.45) is 5.73 Å². The van der Waals surface area contributed by atoms with Gasteiger partial charge in [0.2, 0.25) is 0 Å². The molecule has 0 aliphatic rings. The Balaban J connectivity index is 3.00. The number of rotatable bonds is 7. The first kappa shape index (κ1) is 16.7. The lowest BCUT2D eigenvalue weighted by molar-refractivity contribution is 0.752. The van der Waals surface area contributed by atoms with Crippen LogP contribution in [-0.4, -0.2) is 28.3 Å². The Bertz CT molecular complexity index is 444. The van der Waals surface area contributed by atoms with E-state index in [0.717, 1.165) is 28.4 Å². The number of hydrogen-bond donors (Lipinski definition) is 2. The normalized spacial score (nSPS) is 11.4. The zero-order valence-corrected chi connectivity index (χ0v) is 14.4. The Hall–Kier alpha value is -0.390. The van der Waals surface area contributed by atoms with Gasteiger partial charge in [-0.3, -0.25) is 0 Å². The SMILES string of the molecule is CCSc1cccc(NCC(C)(C)SC)c1C(N)=S. The molecule has 2 nitrogen and oxygen atoms in total. The van der Waals surface area contributed by atoms with Crippen molar-refractivity contribution in [2.45, 2.75) is 30.4 Å². The summed E-state index contributed by atoms with van der Waals surface area (Å²) >= 11 is 8.82. The summed E-state index contributed by atoms with van der Waals surface area (Å²) in [7, 11) is 0. The first-order valence-electron chi connectivity index (χ1n) is 6.26. The first-order valence-corrected chi connectivity index (χ1v) is 8.87. The van der Waals surface area contributed by atoms with E-state index in [9.17, 15) is 0 Å². The molecule has 0 aliphatic carbocycles. The van der Waals surface area contributed by atoms with Gasteiger partial charge in [0.15, 0.2) is 0 Å². The van der Waals surface area contributed by atoms with Crippen LogP contribution in [0.3, 0.4) is 0 Å². The number of hydrogen-bond acceptors (Lipinski definition) is 4. The van der Waals surface area contributed by atoms with Crippen LogP contribution in [0.15, 0.2) is 23.1 Å². The van der Waals surface area contributed by atoms with Gasteiger partial charge in [-0.1, -0.05) is 25.2 Å². The second-order valence-electron chi connectivity index (χ2n) is 4.79. The predicted molar refractivity (Wildman–Crippen MR) is 94.8 cm³/mol. The zero-order chi connectivity index (χ0) is 14.5. The molecule has 0 heterocycles. The van der Waals surface area contributed by atoms with E-state index in [0.29, 0.717) is 4.99 Å². The van der Waals surface area contributed by atoms with Crippen LogP contribution in [0.5, 0.6) is 0 Å². The molecule has 1 aromatic carbocycles. The summed E-state index contributed by atoms with van der Waals surface area (Å²) < 4.78 is 0.182. The van der Waals surface area contributed by atoms with E-state index in [1.165, 1.54) is 0 Å². The summed E-state index contributed by atoms with van der Waals surface area (Å²) in [5.41, 5.74) is 7.90. The number of nitrogens with two attached hydrogens (primary N) is 1. The van der Waals surface area contributed by atoms with Crippen LogP contribution in [0.4, 0.5) is 5.69 Å². The van der Waals surface area contributed by atoms with Crippen molar-refractivity contribution in [3.8, 4) is 0 Å². The summed E-state index contributed by atoms with van der Waals surface area (Å²) in [4.78, 5) is 1.61. The molecule has 0 radical (unpaired) electrons. The lowest BCUT2D eigenvalue weighted by Gasteiger charge is -2.24. The second kappa shape index (κ2) is 7.41. The Morgan fingerprint density at radius 1 is 1.42 bits per heavy atom. The fourth-order valence-electron chi connectivity index (χ4n) is 1.59. The average Bonchev–Trinajstić information content (AvgIpc) is 2.36. The highest BCUT2D eigenvalue weighted by Crippen LogP contribution is 2.30. The third-order valence-electron chi connectivity index (χ3n) is 2.83.